The van der Waals surface area contributed by atoms with Gasteiger partial charge in [0.1, 0.15) is 10.9 Å². The zero-order valence-corrected chi connectivity index (χ0v) is 21.6. The number of fused-ring (bicyclic) bond motifs is 12. The number of nitrogens with zero attached hydrogens (tertiary/aromatic N) is 3. The van der Waals surface area contributed by atoms with Crippen LogP contribution in [0.25, 0.3) is 54.7 Å². The van der Waals surface area contributed by atoms with Gasteiger partial charge in [0.25, 0.3) is 5.82 Å². The van der Waals surface area contributed by atoms with Crippen LogP contribution in [0, 0.1) is 6.92 Å². The van der Waals surface area contributed by atoms with Crippen molar-refractivity contribution < 1.29 is 14.4 Å². The number of aliphatic hydroxyl groups is 1. The molecule has 1 saturated carbocycles. The fourth-order valence-electron chi connectivity index (χ4n) is 7.66. The molecule has 1 N–H and O–H groups in total. The van der Waals surface area contributed by atoms with Crippen molar-refractivity contribution in [3.63, 3.8) is 0 Å². The number of hydrogen-bond donors (Lipinski definition) is 1. The van der Waals surface area contributed by atoms with Crippen LogP contribution in [0.2, 0.25) is 0 Å². The predicted molar refractivity (Wildman–Crippen MR) is 147 cm³/mol. The minimum atomic E-state index is -1.37. The lowest BCUT2D eigenvalue weighted by atomic mass is 9.82. The van der Waals surface area contributed by atoms with Crippen LogP contribution in [0.15, 0.2) is 72.8 Å². The number of hydrogen-bond acceptors (Lipinski definition) is 3. The van der Waals surface area contributed by atoms with Gasteiger partial charge in [-0.25, -0.2) is 4.57 Å². The summed E-state index contributed by atoms with van der Waals surface area (Å²) < 4.78 is 10.5. The molecule has 37 heavy (non-hydrogen) atoms. The number of aromatic nitrogens is 3. The number of ether oxygens (including phenoxy) is 1. The Hall–Kier alpha value is -3.80. The molecule has 3 atom stereocenters. The van der Waals surface area contributed by atoms with Crippen LogP contribution in [-0.2, 0) is 22.7 Å². The Morgan fingerprint density at radius 1 is 0.892 bits per heavy atom. The molecular weight excluding hydrogens is 458 g/mol. The smallest absolute Gasteiger partial charge is 0.297 e. The Balaban J connectivity index is 1.62. The summed E-state index contributed by atoms with van der Waals surface area (Å²) in [5.41, 5.74) is 5.17. The van der Waals surface area contributed by atoms with E-state index < -0.39 is 16.7 Å². The summed E-state index contributed by atoms with van der Waals surface area (Å²) in [6.07, 6.45) is 0. The largest absolute Gasteiger partial charge is 0.361 e. The first-order chi connectivity index (χ1) is 17.8. The molecule has 5 heteroatoms. The number of aryl methyl sites for hydroxylation is 2. The van der Waals surface area contributed by atoms with Crippen molar-refractivity contribution in [2.24, 2.45) is 7.05 Å². The molecule has 0 bridgehead atoms. The summed E-state index contributed by atoms with van der Waals surface area (Å²) >= 11 is 0. The van der Waals surface area contributed by atoms with Gasteiger partial charge in [-0.05, 0) is 70.2 Å². The normalized spacial score (nSPS) is 26.0. The van der Waals surface area contributed by atoms with Crippen LogP contribution in [0.1, 0.15) is 25.2 Å². The Labute approximate surface area is 214 Å². The molecular formula is C32H28N3O2+. The van der Waals surface area contributed by atoms with E-state index in [4.69, 9.17) is 9.72 Å². The SMILES string of the molecule is COC1(O)C2(C)c3cc4ccccc4cc3-c3c4c(nc(C)[n+]3C12C)c1cc2ccccc2cc1n4C. The molecule has 0 spiro atoms. The highest BCUT2D eigenvalue weighted by Gasteiger charge is 2.91. The topological polar surface area (TPSA) is 51.2 Å². The number of benzene rings is 4. The average Bonchev–Trinajstić information content (AvgIpc) is 3.17. The Bertz CT molecular complexity index is 2010. The minimum Gasteiger partial charge on any atom is -0.361 e. The molecule has 4 aromatic carbocycles. The van der Waals surface area contributed by atoms with Gasteiger partial charge in [0, 0.05) is 26.6 Å². The van der Waals surface area contributed by atoms with Crippen LogP contribution < -0.4 is 4.57 Å². The highest BCUT2D eigenvalue weighted by molar-refractivity contribution is 6.13. The monoisotopic (exact) mass is 486 g/mol. The molecule has 0 saturated heterocycles. The van der Waals surface area contributed by atoms with E-state index in [1.807, 2.05) is 0 Å². The Kier molecular flexibility index (Phi) is 3.66. The van der Waals surface area contributed by atoms with Gasteiger partial charge >= 0.3 is 0 Å². The molecule has 2 aliphatic rings. The molecule has 3 unspecified atom stereocenters. The summed E-state index contributed by atoms with van der Waals surface area (Å²) in [5.74, 6) is -0.504. The summed E-state index contributed by atoms with van der Waals surface area (Å²) in [6.45, 7) is 6.28. The fraction of sp³-hybridized carbons (Fsp3) is 0.250. The van der Waals surface area contributed by atoms with Crippen LogP contribution in [0.4, 0.5) is 0 Å². The molecule has 3 heterocycles. The number of rotatable bonds is 1. The van der Waals surface area contributed by atoms with Gasteiger partial charge in [-0.1, -0.05) is 48.5 Å². The van der Waals surface area contributed by atoms with E-state index in [-0.39, 0.29) is 0 Å². The van der Waals surface area contributed by atoms with Crippen molar-refractivity contribution in [2.45, 2.75) is 37.5 Å². The molecule has 8 rings (SSSR count). The predicted octanol–water partition coefficient (Wildman–Crippen LogP) is 5.63. The molecule has 182 valence electrons. The van der Waals surface area contributed by atoms with Gasteiger partial charge in [-0.2, -0.15) is 0 Å². The first-order valence-electron chi connectivity index (χ1n) is 12.8. The van der Waals surface area contributed by atoms with E-state index in [9.17, 15) is 5.11 Å². The molecule has 1 aliphatic heterocycles. The molecule has 2 aromatic heterocycles. The van der Waals surface area contributed by atoms with E-state index in [2.05, 4.69) is 110 Å². The van der Waals surface area contributed by atoms with E-state index in [0.717, 1.165) is 50.0 Å². The van der Waals surface area contributed by atoms with E-state index in [1.165, 1.54) is 16.2 Å². The molecule has 6 aromatic rings. The van der Waals surface area contributed by atoms with Crippen molar-refractivity contribution in [3.05, 3.63) is 84.2 Å². The molecule has 1 fully saturated rings. The van der Waals surface area contributed by atoms with Gasteiger partial charge in [0.15, 0.2) is 11.2 Å². The molecule has 5 nitrogen and oxygen atoms in total. The standard InChI is InChI=1S/C32H28N3O2/c1-18-33-27-24-15-20-11-7-9-13-22(20)17-26(24)34(4)29(27)28-23-14-19-10-6-8-12-21(19)16-25(23)30(2)31(3,35(18)28)32(30,36)37-5/h6-17,36H,1-5H3/q+1. The van der Waals surface area contributed by atoms with Crippen molar-refractivity contribution >= 4 is 43.5 Å². The highest BCUT2D eigenvalue weighted by Crippen LogP contribution is 2.71. The van der Waals surface area contributed by atoms with Crippen LogP contribution >= 0.6 is 0 Å². The quantitative estimate of drug-likeness (QED) is 0.242. The maximum Gasteiger partial charge on any atom is 0.297 e. The second-order valence-corrected chi connectivity index (χ2v) is 11.1. The van der Waals surface area contributed by atoms with Crippen molar-refractivity contribution in [2.75, 3.05) is 7.11 Å². The first kappa shape index (κ1) is 21.3. The highest BCUT2D eigenvalue weighted by atomic mass is 16.6. The van der Waals surface area contributed by atoms with Gasteiger partial charge in [-0.15, -0.1) is 0 Å². The third-order valence-corrected chi connectivity index (χ3v) is 9.76. The van der Waals surface area contributed by atoms with E-state index >= 15 is 0 Å². The van der Waals surface area contributed by atoms with Crippen LogP contribution in [0.5, 0.6) is 0 Å². The van der Waals surface area contributed by atoms with E-state index in [1.54, 1.807) is 7.11 Å². The maximum absolute atomic E-state index is 12.0. The van der Waals surface area contributed by atoms with Gasteiger partial charge in [-0.3, -0.25) is 0 Å². The lowest BCUT2D eigenvalue weighted by molar-refractivity contribution is -0.748. The van der Waals surface area contributed by atoms with Gasteiger partial charge in [0.05, 0.1) is 10.9 Å². The first-order valence-corrected chi connectivity index (χ1v) is 12.8. The molecule has 0 amide bonds. The second kappa shape index (κ2) is 6.36. The zero-order chi connectivity index (χ0) is 25.5. The van der Waals surface area contributed by atoms with Crippen molar-refractivity contribution in [3.8, 4) is 11.3 Å². The average molecular weight is 487 g/mol. The zero-order valence-electron chi connectivity index (χ0n) is 21.6. The molecule has 1 aliphatic carbocycles. The van der Waals surface area contributed by atoms with Crippen LogP contribution in [-0.4, -0.2) is 27.6 Å². The third-order valence-electron chi connectivity index (χ3n) is 9.76. The summed E-state index contributed by atoms with van der Waals surface area (Å²) in [6, 6.07) is 26.0. The third kappa shape index (κ3) is 2.10. The summed E-state index contributed by atoms with van der Waals surface area (Å²) in [7, 11) is 3.74. The van der Waals surface area contributed by atoms with Crippen molar-refractivity contribution in [1.82, 2.24) is 9.55 Å². The van der Waals surface area contributed by atoms with Gasteiger partial charge in [0.2, 0.25) is 11.3 Å². The maximum atomic E-state index is 12.0. The summed E-state index contributed by atoms with van der Waals surface area (Å²) in [4.78, 5) is 5.21. The Morgan fingerprint density at radius 3 is 2.14 bits per heavy atom. The number of methoxy groups -OCH3 is 1. The van der Waals surface area contributed by atoms with Crippen molar-refractivity contribution in [1.29, 1.82) is 0 Å². The van der Waals surface area contributed by atoms with E-state index in [0.29, 0.717) is 0 Å². The lowest BCUT2D eigenvalue weighted by Crippen LogP contribution is -2.57. The second-order valence-electron chi connectivity index (χ2n) is 11.1. The minimum absolute atomic E-state index is 0.634. The lowest BCUT2D eigenvalue weighted by Gasteiger charge is -2.27. The summed E-state index contributed by atoms with van der Waals surface area (Å²) in [5, 5.41) is 17.9. The fourth-order valence-corrected chi connectivity index (χ4v) is 7.66. The Morgan fingerprint density at radius 2 is 1.49 bits per heavy atom. The van der Waals surface area contributed by atoms with Gasteiger partial charge < -0.3 is 14.4 Å². The van der Waals surface area contributed by atoms with Crippen LogP contribution in [0.3, 0.4) is 0 Å². The molecule has 0 radical (unpaired) electrons.